The maximum Gasteiger partial charge on any atom is 0.325 e. The Morgan fingerprint density at radius 1 is 1.30 bits per heavy atom. The van der Waals surface area contributed by atoms with Crippen molar-refractivity contribution in [3.8, 4) is 0 Å². The fourth-order valence-corrected chi connectivity index (χ4v) is 4.09. The summed E-state index contributed by atoms with van der Waals surface area (Å²) in [5.41, 5.74) is 4.85. The molecule has 1 rings (SSSR count). The minimum absolute atomic E-state index is 0.139. The molecular weight excluding hydrogens is 300 g/mol. The third-order valence-electron chi connectivity index (χ3n) is 3.76. The van der Waals surface area contributed by atoms with E-state index >= 15 is 0 Å². The summed E-state index contributed by atoms with van der Waals surface area (Å²) in [5.74, 6) is -0.802. The molecule has 0 spiro atoms. The summed E-state index contributed by atoms with van der Waals surface area (Å²) in [6, 6.07) is 0. The lowest BCUT2D eigenvalue weighted by molar-refractivity contribution is -0.139. The van der Waals surface area contributed by atoms with E-state index in [1.807, 2.05) is 0 Å². The van der Waals surface area contributed by atoms with Gasteiger partial charge in [-0.1, -0.05) is 37.9 Å². The molecule has 0 aromatic rings. The van der Waals surface area contributed by atoms with Gasteiger partial charge in [-0.2, -0.15) is 0 Å². The minimum Gasteiger partial charge on any atom is -0.468 e. The number of carbonyl (C=O) groups excluding carboxylic acids is 1. The third kappa shape index (κ3) is 3.89. The van der Waals surface area contributed by atoms with E-state index in [1.165, 1.54) is 6.92 Å². The Bertz CT molecular complexity index is 468. The van der Waals surface area contributed by atoms with Crippen molar-refractivity contribution in [2.45, 2.75) is 56.2 Å². The molecule has 1 atom stereocenters. The van der Waals surface area contributed by atoms with Gasteiger partial charge in [0.05, 0.1) is 17.6 Å². The average Bonchev–Trinajstić information content (AvgIpc) is 2.63. The normalized spacial score (nSPS) is 20.7. The first-order chi connectivity index (χ1) is 9.25. The Kier molecular flexibility index (Phi) is 5.91. The van der Waals surface area contributed by atoms with Crippen molar-refractivity contribution < 1.29 is 17.9 Å². The first kappa shape index (κ1) is 17.3. The van der Waals surface area contributed by atoms with Crippen LogP contribution < -0.4 is 10.5 Å². The molecule has 0 aromatic heterocycles. The van der Waals surface area contributed by atoms with E-state index in [0.717, 1.165) is 32.8 Å². The summed E-state index contributed by atoms with van der Waals surface area (Å²) < 4.78 is 31.6. The second kappa shape index (κ2) is 6.82. The molecule has 3 N–H and O–H groups in total. The number of methoxy groups -OCH3 is 1. The molecule has 1 unspecified atom stereocenters. The van der Waals surface area contributed by atoms with Crippen LogP contribution in [0.15, 0.2) is 0 Å². The van der Waals surface area contributed by atoms with Crippen LogP contribution >= 0.6 is 12.2 Å². The second-order valence-corrected chi connectivity index (χ2v) is 7.61. The SMILES string of the molecule is COC(=O)C(C)S(=O)(=O)NC1(C(N)=S)CCCCCC1. The number of carbonyl (C=O) groups is 1. The number of rotatable bonds is 5. The van der Waals surface area contributed by atoms with Crippen LogP contribution in [-0.2, 0) is 19.6 Å². The van der Waals surface area contributed by atoms with Crippen molar-refractivity contribution in [3.05, 3.63) is 0 Å². The third-order valence-corrected chi connectivity index (χ3v) is 5.95. The molecule has 0 radical (unpaired) electrons. The highest BCUT2D eigenvalue weighted by molar-refractivity contribution is 7.91. The Morgan fingerprint density at radius 2 is 1.80 bits per heavy atom. The lowest BCUT2D eigenvalue weighted by Crippen LogP contribution is -2.58. The summed E-state index contributed by atoms with van der Waals surface area (Å²) in [5, 5.41) is -1.29. The molecule has 0 saturated heterocycles. The lowest BCUT2D eigenvalue weighted by Gasteiger charge is -2.33. The molecule has 1 fully saturated rings. The molecule has 20 heavy (non-hydrogen) atoms. The zero-order valence-corrected chi connectivity index (χ0v) is 13.5. The van der Waals surface area contributed by atoms with Gasteiger partial charge in [0, 0.05) is 0 Å². The van der Waals surface area contributed by atoms with Crippen molar-refractivity contribution in [2.24, 2.45) is 5.73 Å². The van der Waals surface area contributed by atoms with Crippen molar-refractivity contribution in [1.29, 1.82) is 0 Å². The van der Waals surface area contributed by atoms with Gasteiger partial charge in [-0.05, 0) is 19.8 Å². The monoisotopic (exact) mass is 322 g/mol. The van der Waals surface area contributed by atoms with E-state index in [4.69, 9.17) is 18.0 Å². The zero-order valence-electron chi connectivity index (χ0n) is 11.8. The van der Waals surface area contributed by atoms with Gasteiger partial charge in [-0.3, -0.25) is 4.79 Å². The number of nitrogens with one attached hydrogen (secondary N) is 1. The number of ether oxygens (including phenoxy) is 1. The second-order valence-electron chi connectivity index (χ2n) is 5.17. The number of hydrogen-bond acceptors (Lipinski definition) is 5. The van der Waals surface area contributed by atoms with Crippen LogP contribution in [0.2, 0.25) is 0 Å². The smallest absolute Gasteiger partial charge is 0.325 e. The van der Waals surface area contributed by atoms with Gasteiger partial charge in [0.15, 0.2) is 5.25 Å². The quantitative estimate of drug-likeness (QED) is 0.442. The maximum atomic E-state index is 12.3. The largest absolute Gasteiger partial charge is 0.468 e. The van der Waals surface area contributed by atoms with Crippen molar-refractivity contribution in [2.75, 3.05) is 7.11 Å². The van der Waals surface area contributed by atoms with E-state index < -0.39 is 26.8 Å². The van der Waals surface area contributed by atoms with Gasteiger partial charge in [0.25, 0.3) is 0 Å². The molecule has 0 aromatic carbocycles. The number of thiocarbonyl (C=S) groups is 1. The summed E-state index contributed by atoms with van der Waals surface area (Å²) in [7, 11) is -2.73. The molecule has 0 bridgehead atoms. The van der Waals surface area contributed by atoms with Gasteiger partial charge in [0.2, 0.25) is 10.0 Å². The van der Waals surface area contributed by atoms with E-state index in [9.17, 15) is 13.2 Å². The van der Waals surface area contributed by atoms with E-state index in [0.29, 0.717) is 12.8 Å². The molecule has 0 aliphatic heterocycles. The number of nitrogens with two attached hydrogens (primary N) is 1. The van der Waals surface area contributed by atoms with Gasteiger partial charge in [-0.25, -0.2) is 13.1 Å². The Morgan fingerprint density at radius 3 is 2.20 bits per heavy atom. The molecule has 1 aliphatic carbocycles. The summed E-state index contributed by atoms with van der Waals surface area (Å²) in [6.07, 6.45) is 4.89. The molecule has 116 valence electrons. The number of hydrogen-bond donors (Lipinski definition) is 2. The van der Waals surface area contributed by atoms with Gasteiger partial charge < -0.3 is 10.5 Å². The van der Waals surface area contributed by atoms with Crippen LogP contribution in [0.3, 0.4) is 0 Å². The maximum absolute atomic E-state index is 12.3. The van der Waals surface area contributed by atoms with E-state index in [1.54, 1.807) is 0 Å². The Hall–Kier alpha value is -0.730. The predicted octanol–water partition coefficient (Wildman–Crippen LogP) is 0.846. The fraction of sp³-hybridized carbons (Fsp3) is 0.833. The molecule has 8 heteroatoms. The molecule has 6 nitrogen and oxygen atoms in total. The van der Waals surface area contributed by atoms with Gasteiger partial charge in [0.1, 0.15) is 0 Å². The van der Waals surface area contributed by atoms with Crippen LogP contribution in [0, 0.1) is 0 Å². The van der Waals surface area contributed by atoms with Gasteiger partial charge >= 0.3 is 5.97 Å². The van der Waals surface area contributed by atoms with Crippen LogP contribution in [0.5, 0.6) is 0 Å². The summed E-state index contributed by atoms with van der Waals surface area (Å²) in [6.45, 7) is 1.29. The highest BCUT2D eigenvalue weighted by atomic mass is 32.2. The average molecular weight is 322 g/mol. The van der Waals surface area contributed by atoms with Crippen molar-refractivity contribution in [1.82, 2.24) is 4.72 Å². The molecule has 0 heterocycles. The van der Waals surface area contributed by atoms with Crippen LogP contribution in [0.1, 0.15) is 45.4 Å². The fourth-order valence-electron chi connectivity index (χ4n) is 2.38. The standard InChI is InChI=1S/C12H22N2O4S2/c1-9(10(15)18-2)20(16,17)14-12(11(13)19)7-5-3-4-6-8-12/h9,14H,3-8H2,1-2H3,(H2,13,19). The summed E-state index contributed by atoms with van der Waals surface area (Å²) in [4.78, 5) is 11.6. The zero-order chi connectivity index (χ0) is 15.4. The van der Waals surface area contributed by atoms with Crippen molar-refractivity contribution in [3.63, 3.8) is 0 Å². The highest BCUT2D eigenvalue weighted by Crippen LogP contribution is 2.29. The van der Waals surface area contributed by atoms with Crippen LogP contribution in [0.4, 0.5) is 0 Å². The first-order valence-corrected chi connectivity index (χ1v) is 8.61. The topological polar surface area (TPSA) is 98.5 Å². The predicted molar refractivity (Wildman–Crippen MR) is 80.8 cm³/mol. The van der Waals surface area contributed by atoms with Crippen LogP contribution in [0.25, 0.3) is 0 Å². The van der Waals surface area contributed by atoms with E-state index in [-0.39, 0.29) is 4.99 Å². The van der Waals surface area contributed by atoms with Crippen molar-refractivity contribution >= 4 is 33.2 Å². The highest BCUT2D eigenvalue weighted by Gasteiger charge is 2.41. The number of sulfonamides is 1. The van der Waals surface area contributed by atoms with Crippen LogP contribution in [-0.4, -0.2) is 37.3 Å². The molecule has 1 saturated carbocycles. The summed E-state index contributed by atoms with van der Waals surface area (Å²) >= 11 is 5.07. The van der Waals surface area contributed by atoms with Gasteiger partial charge in [-0.15, -0.1) is 0 Å². The first-order valence-electron chi connectivity index (χ1n) is 6.66. The Labute approximate surface area is 125 Å². The molecular formula is C12H22N2O4S2. The molecule has 0 amide bonds. The molecule has 1 aliphatic rings. The minimum atomic E-state index is -3.88. The van der Waals surface area contributed by atoms with E-state index in [2.05, 4.69) is 9.46 Å². The number of esters is 1. The lowest BCUT2D eigenvalue weighted by atomic mass is 9.91. The Balaban J connectivity index is 3.00.